The van der Waals surface area contributed by atoms with Gasteiger partial charge >= 0.3 is 18.2 Å². The Bertz CT molecular complexity index is 642. The number of hydrogen-bond acceptors (Lipinski definition) is 5. The lowest BCUT2D eigenvalue weighted by Crippen LogP contribution is -2.44. The van der Waals surface area contributed by atoms with Gasteiger partial charge < -0.3 is 19.9 Å². The van der Waals surface area contributed by atoms with E-state index in [0.29, 0.717) is 19.4 Å². The molecule has 2 N–H and O–H groups in total. The van der Waals surface area contributed by atoms with Crippen LogP contribution in [0.5, 0.6) is 0 Å². The SMILES string of the molecule is CN(C(=O)OC(C)(C)C)[C@@H](CCCCNC(=O)OCc1ccccc1)C(=O)O. The van der Waals surface area contributed by atoms with E-state index in [0.717, 1.165) is 10.5 Å². The highest BCUT2D eigenvalue weighted by Gasteiger charge is 2.29. The number of nitrogens with zero attached hydrogens (tertiary/aromatic N) is 1. The Balaban J connectivity index is 2.30. The van der Waals surface area contributed by atoms with Crippen molar-refractivity contribution < 1.29 is 29.0 Å². The van der Waals surface area contributed by atoms with Crippen LogP contribution >= 0.6 is 0 Å². The second-order valence-corrected chi connectivity index (χ2v) is 7.43. The molecule has 0 radical (unpaired) electrons. The minimum Gasteiger partial charge on any atom is -0.480 e. The van der Waals surface area contributed by atoms with Crippen molar-refractivity contribution in [2.45, 2.75) is 58.3 Å². The summed E-state index contributed by atoms with van der Waals surface area (Å²) in [7, 11) is 1.41. The number of rotatable bonds is 9. The Morgan fingerprint density at radius 3 is 2.36 bits per heavy atom. The molecule has 0 fully saturated rings. The molecule has 0 saturated heterocycles. The standard InChI is InChI=1S/C20H30N2O6/c1-20(2,3)28-19(26)22(4)16(17(23)24)12-8-9-13-21-18(25)27-14-15-10-6-5-7-11-15/h5-7,10-11,16H,8-9,12-14H2,1-4H3,(H,21,25)(H,23,24)/t16-/m0/s1. The fraction of sp³-hybridized carbons (Fsp3) is 0.550. The Labute approximate surface area is 165 Å². The van der Waals surface area contributed by atoms with Crippen molar-refractivity contribution in [3.63, 3.8) is 0 Å². The summed E-state index contributed by atoms with van der Waals surface area (Å²) in [4.78, 5) is 36.2. The molecule has 2 amide bonds. The smallest absolute Gasteiger partial charge is 0.410 e. The van der Waals surface area contributed by atoms with Crippen LogP contribution in [-0.4, -0.2) is 53.4 Å². The Hall–Kier alpha value is -2.77. The topological polar surface area (TPSA) is 105 Å². The Kier molecular flexibility index (Phi) is 9.27. The van der Waals surface area contributed by atoms with Crippen LogP contribution in [0.4, 0.5) is 9.59 Å². The van der Waals surface area contributed by atoms with Gasteiger partial charge in [0.1, 0.15) is 18.2 Å². The summed E-state index contributed by atoms with van der Waals surface area (Å²) in [5.41, 5.74) is 0.199. The van der Waals surface area contributed by atoms with Gasteiger partial charge in [0.25, 0.3) is 0 Å². The van der Waals surface area contributed by atoms with E-state index in [-0.39, 0.29) is 13.0 Å². The molecule has 1 aromatic carbocycles. The monoisotopic (exact) mass is 394 g/mol. The molecule has 156 valence electrons. The van der Waals surface area contributed by atoms with Gasteiger partial charge in [-0.25, -0.2) is 14.4 Å². The van der Waals surface area contributed by atoms with E-state index in [4.69, 9.17) is 9.47 Å². The first kappa shape index (κ1) is 23.3. The maximum absolute atomic E-state index is 12.0. The number of carboxylic acid groups (broad SMARTS) is 1. The highest BCUT2D eigenvalue weighted by atomic mass is 16.6. The van der Waals surface area contributed by atoms with Gasteiger partial charge in [0.15, 0.2) is 0 Å². The third-order valence-corrected chi connectivity index (χ3v) is 3.82. The molecule has 0 aliphatic carbocycles. The normalized spacial score (nSPS) is 12.0. The highest BCUT2D eigenvalue weighted by Crippen LogP contribution is 2.14. The van der Waals surface area contributed by atoms with Crippen LogP contribution in [0.25, 0.3) is 0 Å². The van der Waals surface area contributed by atoms with Gasteiger partial charge in [0.2, 0.25) is 0 Å². The van der Waals surface area contributed by atoms with E-state index < -0.39 is 29.8 Å². The second kappa shape index (κ2) is 11.2. The first-order chi connectivity index (χ1) is 13.1. The van der Waals surface area contributed by atoms with Crippen molar-refractivity contribution >= 4 is 18.2 Å². The average Bonchev–Trinajstić information content (AvgIpc) is 2.61. The molecule has 0 aromatic heterocycles. The minimum absolute atomic E-state index is 0.189. The number of amides is 2. The lowest BCUT2D eigenvalue weighted by molar-refractivity contribution is -0.143. The first-order valence-corrected chi connectivity index (χ1v) is 9.23. The summed E-state index contributed by atoms with van der Waals surface area (Å²) >= 11 is 0. The number of ether oxygens (including phenoxy) is 2. The third-order valence-electron chi connectivity index (χ3n) is 3.82. The number of unbranched alkanes of at least 4 members (excludes halogenated alkanes) is 1. The zero-order valence-electron chi connectivity index (χ0n) is 16.9. The average molecular weight is 394 g/mol. The first-order valence-electron chi connectivity index (χ1n) is 9.23. The molecule has 0 heterocycles. The zero-order chi connectivity index (χ0) is 21.2. The molecule has 0 aliphatic heterocycles. The van der Waals surface area contributed by atoms with Crippen LogP contribution in [0.1, 0.15) is 45.6 Å². The number of hydrogen-bond donors (Lipinski definition) is 2. The number of benzene rings is 1. The minimum atomic E-state index is -1.09. The fourth-order valence-electron chi connectivity index (χ4n) is 2.37. The third kappa shape index (κ3) is 9.25. The molecular formula is C20H30N2O6. The summed E-state index contributed by atoms with van der Waals surface area (Å²) in [6.45, 7) is 5.70. The van der Waals surface area contributed by atoms with E-state index in [1.807, 2.05) is 30.3 Å². The van der Waals surface area contributed by atoms with Crippen molar-refractivity contribution in [2.24, 2.45) is 0 Å². The predicted molar refractivity (Wildman–Crippen MR) is 104 cm³/mol. The highest BCUT2D eigenvalue weighted by molar-refractivity contribution is 5.79. The summed E-state index contributed by atoms with van der Waals surface area (Å²) in [5.74, 6) is -1.09. The number of carbonyl (C=O) groups is 3. The van der Waals surface area contributed by atoms with Crippen molar-refractivity contribution in [1.82, 2.24) is 10.2 Å². The molecule has 1 aromatic rings. The van der Waals surface area contributed by atoms with E-state index in [1.54, 1.807) is 20.8 Å². The summed E-state index contributed by atoms with van der Waals surface area (Å²) in [6.07, 6.45) is 0.133. The summed E-state index contributed by atoms with van der Waals surface area (Å²) in [6, 6.07) is 8.35. The lowest BCUT2D eigenvalue weighted by atomic mass is 10.1. The van der Waals surface area contributed by atoms with Crippen LogP contribution < -0.4 is 5.32 Å². The van der Waals surface area contributed by atoms with Crippen molar-refractivity contribution in [3.05, 3.63) is 35.9 Å². The van der Waals surface area contributed by atoms with E-state index in [9.17, 15) is 19.5 Å². The molecule has 0 unspecified atom stereocenters. The van der Waals surface area contributed by atoms with Crippen molar-refractivity contribution in [3.8, 4) is 0 Å². The molecule has 0 saturated carbocycles. The fourth-order valence-corrected chi connectivity index (χ4v) is 2.37. The molecule has 28 heavy (non-hydrogen) atoms. The lowest BCUT2D eigenvalue weighted by Gasteiger charge is -2.28. The molecule has 0 aliphatic rings. The molecule has 1 rings (SSSR count). The molecule has 1 atom stereocenters. The maximum atomic E-state index is 12.0. The van der Waals surface area contributed by atoms with Gasteiger partial charge in [-0.3, -0.25) is 4.90 Å². The van der Waals surface area contributed by atoms with Gasteiger partial charge in [-0.05, 0) is 45.6 Å². The number of aliphatic carboxylic acids is 1. The molecular weight excluding hydrogens is 364 g/mol. The summed E-state index contributed by atoms with van der Waals surface area (Å²) in [5, 5.41) is 12.0. The van der Waals surface area contributed by atoms with Crippen LogP contribution in [0, 0.1) is 0 Å². The second-order valence-electron chi connectivity index (χ2n) is 7.43. The van der Waals surface area contributed by atoms with E-state index >= 15 is 0 Å². The van der Waals surface area contributed by atoms with Crippen molar-refractivity contribution in [1.29, 1.82) is 0 Å². The van der Waals surface area contributed by atoms with Crippen LogP contribution in [0.15, 0.2) is 30.3 Å². The number of nitrogens with one attached hydrogen (secondary N) is 1. The van der Waals surface area contributed by atoms with Gasteiger partial charge in [-0.1, -0.05) is 30.3 Å². The molecule has 8 nitrogen and oxygen atoms in total. The zero-order valence-corrected chi connectivity index (χ0v) is 16.9. The maximum Gasteiger partial charge on any atom is 0.410 e. The van der Waals surface area contributed by atoms with Gasteiger partial charge in [0, 0.05) is 13.6 Å². The molecule has 0 spiro atoms. The number of alkyl carbamates (subject to hydrolysis) is 1. The Morgan fingerprint density at radius 1 is 1.14 bits per heavy atom. The van der Waals surface area contributed by atoms with Crippen LogP contribution in [-0.2, 0) is 20.9 Å². The van der Waals surface area contributed by atoms with Crippen molar-refractivity contribution in [2.75, 3.05) is 13.6 Å². The molecule has 0 bridgehead atoms. The number of carboxylic acids is 1. The Morgan fingerprint density at radius 2 is 1.79 bits per heavy atom. The van der Waals surface area contributed by atoms with Gasteiger partial charge in [-0.15, -0.1) is 0 Å². The summed E-state index contributed by atoms with van der Waals surface area (Å²) < 4.78 is 10.3. The predicted octanol–water partition coefficient (Wildman–Crippen LogP) is 3.40. The quantitative estimate of drug-likeness (QED) is 0.622. The van der Waals surface area contributed by atoms with Crippen LogP contribution in [0.2, 0.25) is 0 Å². The van der Waals surface area contributed by atoms with Gasteiger partial charge in [-0.2, -0.15) is 0 Å². The number of likely N-dealkylation sites (N-methyl/N-ethyl adjacent to an activating group) is 1. The van der Waals surface area contributed by atoms with Crippen LogP contribution in [0.3, 0.4) is 0 Å². The van der Waals surface area contributed by atoms with Gasteiger partial charge in [0.05, 0.1) is 0 Å². The number of carbonyl (C=O) groups excluding carboxylic acids is 2. The van der Waals surface area contributed by atoms with E-state index in [2.05, 4.69) is 5.32 Å². The van der Waals surface area contributed by atoms with E-state index in [1.165, 1.54) is 7.05 Å². The molecule has 8 heteroatoms. The largest absolute Gasteiger partial charge is 0.480 e.